The van der Waals surface area contributed by atoms with Crippen molar-refractivity contribution in [3.63, 3.8) is 0 Å². The summed E-state index contributed by atoms with van der Waals surface area (Å²) in [6.45, 7) is 0.458. The molecule has 2 rings (SSSR count). The van der Waals surface area contributed by atoms with Crippen LogP contribution in [0.1, 0.15) is 16.9 Å². The van der Waals surface area contributed by atoms with Gasteiger partial charge >= 0.3 is 5.97 Å². The first-order valence-corrected chi connectivity index (χ1v) is 5.57. The van der Waals surface area contributed by atoms with Crippen LogP contribution in [-0.4, -0.2) is 39.4 Å². The molecule has 1 aromatic rings. The van der Waals surface area contributed by atoms with Gasteiger partial charge in [0.15, 0.2) is 11.5 Å². The Bertz CT molecular complexity index is 466. The number of alkyl halides is 1. The molecule has 1 N–H and O–H groups in total. The van der Waals surface area contributed by atoms with Gasteiger partial charge in [-0.05, 0) is 5.92 Å². The lowest BCUT2D eigenvalue weighted by Gasteiger charge is -2.14. The van der Waals surface area contributed by atoms with Gasteiger partial charge in [0.1, 0.15) is 0 Å². The largest absolute Gasteiger partial charge is 0.476 e. The second kappa shape index (κ2) is 4.67. The standard InChI is InChI=1S/C10H10ClN3O3/c11-2-6-1-9(15)14(5-6)8-4-12-3-7(13-8)10(16)17/h3-4,6H,1-2,5H2,(H,16,17). The van der Waals surface area contributed by atoms with Crippen LogP contribution in [0.15, 0.2) is 12.4 Å². The van der Waals surface area contributed by atoms with Crippen LogP contribution in [0.3, 0.4) is 0 Å². The zero-order valence-corrected chi connectivity index (χ0v) is 9.59. The summed E-state index contributed by atoms with van der Waals surface area (Å²) in [4.78, 5) is 31.5. The Balaban J connectivity index is 2.25. The highest BCUT2D eigenvalue weighted by atomic mass is 35.5. The van der Waals surface area contributed by atoms with Crippen molar-refractivity contribution in [2.75, 3.05) is 17.3 Å². The number of amides is 1. The Kier molecular flexibility index (Phi) is 3.23. The molecule has 0 spiro atoms. The van der Waals surface area contributed by atoms with E-state index < -0.39 is 5.97 Å². The number of carbonyl (C=O) groups excluding carboxylic acids is 1. The summed E-state index contributed by atoms with van der Waals surface area (Å²) in [5, 5.41) is 8.79. The normalized spacial score (nSPS) is 19.7. The molecule has 90 valence electrons. The maximum Gasteiger partial charge on any atom is 0.356 e. The lowest BCUT2D eigenvalue weighted by Crippen LogP contribution is -2.26. The lowest BCUT2D eigenvalue weighted by atomic mass is 10.2. The summed E-state index contributed by atoms with van der Waals surface area (Å²) in [6.07, 6.45) is 2.88. The molecule has 1 unspecified atom stereocenters. The third kappa shape index (κ3) is 2.36. The quantitative estimate of drug-likeness (QED) is 0.807. The van der Waals surface area contributed by atoms with Crippen LogP contribution >= 0.6 is 11.6 Å². The Hall–Kier alpha value is -1.69. The molecule has 1 aromatic heterocycles. The maximum absolute atomic E-state index is 11.7. The van der Waals surface area contributed by atoms with Crippen molar-refractivity contribution in [3.8, 4) is 0 Å². The molecule has 1 aliphatic rings. The number of rotatable bonds is 3. The Labute approximate surface area is 102 Å². The van der Waals surface area contributed by atoms with Gasteiger partial charge in [-0.3, -0.25) is 14.7 Å². The molecule has 0 bridgehead atoms. The number of nitrogens with zero attached hydrogens (tertiary/aromatic N) is 3. The van der Waals surface area contributed by atoms with Gasteiger partial charge in [0.2, 0.25) is 5.91 Å². The molecule has 0 aliphatic carbocycles. The van der Waals surface area contributed by atoms with Crippen LogP contribution in [0.4, 0.5) is 5.82 Å². The molecular weight excluding hydrogens is 246 g/mol. The number of aromatic nitrogens is 2. The number of hydrogen-bond donors (Lipinski definition) is 1. The van der Waals surface area contributed by atoms with E-state index in [2.05, 4.69) is 9.97 Å². The lowest BCUT2D eigenvalue weighted by molar-refractivity contribution is -0.117. The fourth-order valence-electron chi connectivity index (χ4n) is 1.70. The molecule has 1 aliphatic heterocycles. The van der Waals surface area contributed by atoms with Gasteiger partial charge in [0.25, 0.3) is 0 Å². The molecule has 1 saturated heterocycles. The molecule has 2 heterocycles. The Morgan fingerprint density at radius 3 is 2.94 bits per heavy atom. The Morgan fingerprint density at radius 1 is 1.59 bits per heavy atom. The summed E-state index contributed by atoms with van der Waals surface area (Å²) in [7, 11) is 0. The van der Waals surface area contributed by atoms with Crippen molar-refractivity contribution in [3.05, 3.63) is 18.1 Å². The van der Waals surface area contributed by atoms with E-state index in [9.17, 15) is 9.59 Å². The summed E-state index contributed by atoms with van der Waals surface area (Å²) >= 11 is 5.70. The molecule has 0 radical (unpaired) electrons. The van der Waals surface area contributed by atoms with Crippen molar-refractivity contribution in [2.24, 2.45) is 5.92 Å². The summed E-state index contributed by atoms with van der Waals surface area (Å²) in [6, 6.07) is 0. The fourth-order valence-corrected chi connectivity index (χ4v) is 1.90. The highest BCUT2D eigenvalue weighted by Crippen LogP contribution is 2.23. The summed E-state index contributed by atoms with van der Waals surface area (Å²) in [5.41, 5.74) is -0.176. The van der Waals surface area contributed by atoms with Crippen molar-refractivity contribution >= 4 is 29.3 Å². The van der Waals surface area contributed by atoms with E-state index in [0.717, 1.165) is 6.20 Å². The fraction of sp³-hybridized carbons (Fsp3) is 0.400. The van der Waals surface area contributed by atoms with Gasteiger partial charge in [-0.2, -0.15) is 0 Å². The molecule has 0 aromatic carbocycles. The first-order valence-electron chi connectivity index (χ1n) is 5.03. The van der Waals surface area contributed by atoms with Crippen LogP contribution in [-0.2, 0) is 4.79 Å². The number of anilines is 1. The van der Waals surface area contributed by atoms with Gasteiger partial charge < -0.3 is 5.11 Å². The van der Waals surface area contributed by atoms with Gasteiger partial charge in [0, 0.05) is 18.8 Å². The van der Waals surface area contributed by atoms with E-state index in [-0.39, 0.29) is 23.3 Å². The zero-order chi connectivity index (χ0) is 12.4. The molecule has 7 heteroatoms. The average molecular weight is 256 g/mol. The highest BCUT2D eigenvalue weighted by molar-refractivity contribution is 6.18. The topological polar surface area (TPSA) is 83.4 Å². The van der Waals surface area contributed by atoms with Gasteiger partial charge in [-0.1, -0.05) is 0 Å². The SMILES string of the molecule is O=C(O)c1cncc(N2CC(CCl)CC2=O)n1. The molecule has 0 saturated carbocycles. The maximum atomic E-state index is 11.7. The first kappa shape index (κ1) is 11.8. The number of aromatic carboxylic acids is 1. The molecule has 17 heavy (non-hydrogen) atoms. The predicted octanol–water partition coefficient (Wildman–Crippen LogP) is 0.766. The number of carboxylic acid groups (broad SMARTS) is 1. The summed E-state index contributed by atoms with van der Waals surface area (Å²) in [5.74, 6) is -0.525. The minimum Gasteiger partial charge on any atom is -0.476 e. The Morgan fingerprint density at radius 2 is 2.35 bits per heavy atom. The second-order valence-corrected chi connectivity index (χ2v) is 4.11. The monoisotopic (exact) mass is 255 g/mol. The van der Waals surface area contributed by atoms with Crippen LogP contribution in [0.5, 0.6) is 0 Å². The molecular formula is C10H10ClN3O3. The molecule has 1 atom stereocenters. The molecule has 1 fully saturated rings. The van der Waals surface area contributed by atoms with E-state index in [1.165, 1.54) is 11.1 Å². The van der Waals surface area contributed by atoms with Crippen LogP contribution in [0.25, 0.3) is 0 Å². The van der Waals surface area contributed by atoms with Gasteiger partial charge in [-0.15, -0.1) is 11.6 Å². The second-order valence-electron chi connectivity index (χ2n) is 3.80. The van der Waals surface area contributed by atoms with E-state index in [4.69, 9.17) is 16.7 Å². The van der Waals surface area contributed by atoms with Gasteiger partial charge in [0.05, 0.1) is 12.4 Å². The van der Waals surface area contributed by atoms with Crippen molar-refractivity contribution in [1.29, 1.82) is 0 Å². The van der Waals surface area contributed by atoms with Crippen molar-refractivity contribution < 1.29 is 14.7 Å². The minimum atomic E-state index is -1.17. The highest BCUT2D eigenvalue weighted by Gasteiger charge is 2.31. The zero-order valence-electron chi connectivity index (χ0n) is 8.84. The van der Waals surface area contributed by atoms with E-state index in [1.54, 1.807) is 0 Å². The minimum absolute atomic E-state index is 0.0828. The van der Waals surface area contributed by atoms with Crippen molar-refractivity contribution in [2.45, 2.75) is 6.42 Å². The van der Waals surface area contributed by atoms with E-state index >= 15 is 0 Å². The smallest absolute Gasteiger partial charge is 0.356 e. The van der Waals surface area contributed by atoms with E-state index in [0.29, 0.717) is 18.8 Å². The number of halogens is 1. The van der Waals surface area contributed by atoms with Crippen LogP contribution in [0, 0.1) is 5.92 Å². The predicted molar refractivity (Wildman–Crippen MR) is 60.2 cm³/mol. The number of carboxylic acids is 1. The van der Waals surface area contributed by atoms with E-state index in [1.807, 2.05) is 0 Å². The molecule has 6 nitrogen and oxygen atoms in total. The van der Waals surface area contributed by atoms with Gasteiger partial charge in [-0.25, -0.2) is 9.78 Å². The van der Waals surface area contributed by atoms with Crippen molar-refractivity contribution in [1.82, 2.24) is 9.97 Å². The third-order valence-electron chi connectivity index (χ3n) is 2.54. The third-order valence-corrected chi connectivity index (χ3v) is 2.98. The number of hydrogen-bond acceptors (Lipinski definition) is 4. The summed E-state index contributed by atoms with van der Waals surface area (Å²) < 4.78 is 0. The molecule has 1 amide bonds. The average Bonchev–Trinajstić information content (AvgIpc) is 2.71. The first-order chi connectivity index (χ1) is 8.11. The van der Waals surface area contributed by atoms with Crippen LogP contribution in [0.2, 0.25) is 0 Å². The number of carbonyl (C=O) groups is 2. The van der Waals surface area contributed by atoms with Crippen LogP contribution < -0.4 is 4.90 Å².